The fraction of sp³-hybridized carbons (Fsp3) is 0.949. The topological polar surface area (TPSA) is 0 Å². The number of unbranched alkanes of at least 4 members (excludes halogenated alkanes) is 16. The first-order valence-electron chi connectivity index (χ1n) is 19.8. The molecule has 0 N–H and O–H groups in total. The third-order valence-corrected chi connectivity index (χ3v) is 26.7. The molecule has 0 radical (unpaired) electrons. The Morgan fingerprint density at radius 2 is 0.732 bits per heavy atom. The molecule has 0 aliphatic carbocycles. The summed E-state index contributed by atoms with van der Waals surface area (Å²) >= 11 is -2.47. The van der Waals surface area contributed by atoms with Gasteiger partial charge >= 0.3 is 269 Å². The van der Waals surface area contributed by atoms with Gasteiger partial charge in [-0.2, -0.15) is 0 Å². The van der Waals surface area contributed by atoms with Crippen molar-refractivity contribution in [1.29, 1.82) is 0 Å². The fourth-order valence-electron chi connectivity index (χ4n) is 7.49. The Morgan fingerprint density at radius 3 is 1.12 bits per heavy atom. The Morgan fingerprint density at radius 1 is 0.366 bits per heavy atom. The van der Waals surface area contributed by atoms with Crippen LogP contribution in [0.3, 0.4) is 0 Å². The maximum absolute atomic E-state index is 2.47. The molecule has 0 bridgehead atoms. The quantitative estimate of drug-likeness (QED) is 0.0490. The van der Waals surface area contributed by atoms with Crippen molar-refractivity contribution in [3.05, 3.63) is 9.06 Å². The summed E-state index contributed by atoms with van der Waals surface area (Å²) in [5.74, 6) is 0. The van der Waals surface area contributed by atoms with Crippen molar-refractivity contribution in [3.63, 3.8) is 0 Å². The van der Waals surface area contributed by atoms with Crippen molar-refractivity contribution in [2.75, 3.05) is 0 Å². The molecule has 0 aliphatic heterocycles. The Hall–Kier alpha value is 0.604. The van der Waals surface area contributed by atoms with Crippen molar-refractivity contribution in [2.24, 2.45) is 0 Å². The molecular formula is C39H81BSn. The van der Waals surface area contributed by atoms with Gasteiger partial charge in [-0.25, -0.2) is 0 Å². The number of hydrogen-bond donors (Lipinski definition) is 0. The van der Waals surface area contributed by atoms with Crippen molar-refractivity contribution in [2.45, 2.75) is 235 Å². The van der Waals surface area contributed by atoms with Crippen molar-refractivity contribution in [1.82, 2.24) is 0 Å². The van der Waals surface area contributed by atoms with Gasteiger partial charge in [-0.15, -0.1) is 0 Å². The van der Waals surface area contributed by atoms with Gasteiger partial charge in [-0.05, 0) is 0 Å². The zero-order valence-electron chi connectivity index (χ0n) is 30.3. The van der Waals surface area contributed by atoms with Crippen LogP contribution in [0.1, 0.15) is 209 Å². The van der Waals surface area contributed by atoms with E-state index >= 15 is 0 Å². The first-order chi connectivity index (χ1) is 20.1. The minimum atomic E-state index is -2.47. The average molecular weight is 680 g/mol. The second-order valence-corrected chi connectivity index (χ2v) is 27.3. The SMILES string of the molecule is CCCCCCCB(CCCCCCC)/C(CCCCCCC)=[C](/CCCC)[Sn]([CH2]CCC)([CH2]CCC)[CH2]CCC. The predicted octanol–water partition coefficient (Wildman–Crippen LogP) is 15.2. The molecule has 0 nitrogen and oxygen atoms in total. The van der Waals surface area contributed by atoms with Crippen LogP contribution in [0.4, 0.5) is 0 Å². The second kappa shape index (κ2) is 30.6. The second-order valence-electron chi connectivity index (χ2n) is 14.0. The normalized spacial score (nSPS) is 12.7. The molecule has 0 aromatic heterocycles. The average Bonchev–Trinajstić information content (AvgIpc) is 2.99. The van der Waals surface area contributed by atoms with Crippen LogP contribution in [0.15, 0.2) is 9.06 Å². The van der Waals surface area contributed by atoms with Crippen LogP contribution in [0.2, 0.25) is 26.0 Å². The molecule has 244 valence electrons. The fourth-order valence-corrected chi connectivity index (χ4v) is 25.9. The molecule has 41 heavy (non-hydrogen) atoms. The zero-order chi connectivity index (χ0) is 30.4. The van der Waals surface area contributed by atoms with E-state index in [2.05, 4.69) is 57.5 Å². The minimum absolute atomic E-state index is 0.914. The molecule has 0 aromatic carbocycles. The number of hydrogen-bond acceptors (Lipinski definition) is 0. The van der Waals surface area contributed by atoms with Crippen LogP contribution in [0.25, 0.3) is 0 Å². The molecule has 2 heteroatoms. The molecule has 0 aliphatic rings. The summed E-state index contributed by atoms with van der Waals surface area (Å²) in [4.78, 5) is 0. The first kappa shape index (κ1) is 41.6. The van der Waals surface area contributed by atoms with Gasteiger partial charge in [-0.1, -0.05) is 0 Å². The van der Waals surface area contributed by atoms with Crippen molar-refractivity contribution < 1.29 is 0 Å². The van der Waals surface area contributed by atoms with Crippen LogP contribution < -0.4 is 0 Å². The Kier molecular flexibility index (Phi) is 31.1. The molecule has 0 aromatic rings. The zero-order valence-corrected chi connectivity index (χ0v) is 33.1. The summed E-state index contributed by atoms with van der Waals surface area (Å²) in [6.45, 7) is 17.9. The predicted molar refractivity (Wildman–Crippen MR) is 198 cm³/mol. The summed E-state index contributed by atoms with van der Waals surface area (Å²) in [7, 11) is 0. The van der Waals surface area contributed by atoms with Crippen molar-refractivity contribution in [3.8, 4) is 0 Å². The van der Waals surface area contributed by atoms with Crippen LogP contribution in [-0.2, 0) is 0 Å². The van der Waals surface area contributed by atoms with Crippen molar-refractivity contribution >= 4 is 25.1 Å². The van der Waals surface area contributed by atoms with Gasteiger partial charge < -0.3 is 0 Å². The summed E-state index contributed by atoms with van der Waals surface area (Å²) < 4.78 is 7.26. The summed E-state index contributed by atoms with van der Waals surface area (Å²) in [5, 5.41) is 0. The first-order valence-corrected chi connectivity index (χ1v) is 27.3. The molecule has 0 heterocycles. The van der Waals surface area contributed by atoms with E-state index in [1.807, 2.05) is 0 Å². The summed E-state index contributed by atoms with van der Waals surface area (Å²) in [6.07, 6.45) is 39.3. The molecule has 0 fully saturated rings. The summed E-state index contributed by atoms with van der Waals surface area (Å²) in [6, 6.07) is 0. The number of rotatable bonds is 32. The van der Waals surface area contributed by atoms with Crippen LogP contribution in [-0.4, -0.2) is 25.1 Å². The molecule has 0 saturated heterocycles. The molecule has 0 unspecified atom stereocenters. The van der Waals surface area contributed by atoms with E-state index in [4.69, 9.17) is 0 Å². The molecule has 0 atom stereocenters. The van der Waals surface area contributed by atoms with Gasteiger partial charge in [0, 0.05) is 0 Å². The molecule has 0 amide bonds. The van der Waals surface area contributed by atoms with Gasteiger partial charge in [0.2, 0.25) is 0 Å². The van der Waals surface area contributed by atoms with E-state index in [0.29, 0.717) is 0 Å². The van der Waals surface area contributed by atoms with E-state index in [0.717, 1.165) is 6.71 Å². The number of allylic oxidation sites excluding steroid dienone is 2. The molecule has 0 spiro atoms. The van der Waals surface area contributed by atoms with E-state index in [-0.39, 0.29) is 0 Å². The molecule has 0 rings (SSSR count). The van der Waals surface area contributed by atoms with Gasteiger partial charge in [0.1, 0.15) is 0 Å². The van der Waals surface area contributed by atoms with E-state index in [1.54, 1.807) is 13.3 Å². The van der Waals surface area contributed by atoms with E-state index in [1.165, 1.54) is 173 Å². The van der Waals surface area contributed by atoms with Crippen LogP contribution in [0.5, 0.6) is 0 Å². The monoisotopic (exact) mass is 681 g/mol. The third-order valence-electron chi connectivity index (χ3n) is 10.2. The van der Waals surface area contributed by atoms with Crippen LogP contribution in [0, 0.1) is 0 Å². The van der Waals surface area contributed by atoms with Crippen LogP contribution >= 0.6 is 0 Å². The van der Waals surface area contributed by atoms with Gasteiger partial charge in [0.25, 0.3) is 0 Å². The molecular weight excluding hydrogens is 598 g/mol. The standard InChI is InChI=1S/C27H54B.3C4H9.Sn/c1-5-9-13-16-20-24-27(23-19-12-8-4)28(25-21-17-14-10-6-2)26-22-18-15-11-7-3;3*1-3-4-2;/h5-22,24-26H2,1-4H3;3*1,3-4H2,2H3;. The van der Waals surface area contributed by atoms with E-state index in [9.17, 15) is 0 Å². The van der Waals surface area contributed by atoms with Gasteiger partial charge in [0.15, 0.2) is 0 Å². The van der Waals surface area contributed by atoms with E-state index < -0.39 is 18.4 Å². The Labute approximate surface area is 267 Å². The maximum atomic E-state index is 2.47. The third kappa shape index (κ3) is 20.3. The molecule has 0 saturated carbocycles. The van der Waals surface area contributed by atoms with Gasteiger partial charge in [0.05, 0.1) is 0 Å². The Balaban J connectivity index is 6.67. The summed E-state index contributed by atoms with van der Waals surface area (Å²) in [5.41, 5.74) is 2.13. The van der Waals surface area contributed by atoms with Gasteiger partial charge in [-0.3, -0.25) is 0 Å². The Bertz CT molecular complexity index is 532.